The highest BCUT2D eigenvalue weighted by Crippen LogP contribution is 2.35. The van der Waals surface area contributed by atoms with E-state index < -0.39 is 4.92 Å². The predicted molar refractivity (Wildman–Crippen MR) is 54.5 cm³/mol. The lowest BCUT2D eigenvalue weighted by Crippen LogP contribution is -2.07. The molecule has 1 N–H and O–H groups in total. The van der Waals surface area contributed by atoms with Crippen molar-refractivity contribution in [2.75, 3.05) is 5.32 Å². The molecule has 6 nitrogen and oxygen atoms in total. The summed E-state index contributed by atoms with van der Waals surface area (Å²) in [6, 6.07) is 0.441. The van der Waals surface area contributed by atoms with Crippen molar-refractivity contribution in [1.29, 1.82) is 0 Å². The highest BCUT2D eigenvalue weighted by atomic mass is 16.6. The van der Waals surface area contributed by atoms with E-state index in [0.717, 1.165) is 12.8 Å². The van der Waals surface area contributed by atoms with Gasteiger partial charge in [-0.25, -0.2) is 9.97 Å². The first-order chi connectivity index (χ1) is 7.20. The lowest BCUT2D eigenvalue weighted by atomic mass is 10.3. The maximum absolute atomic E-state index is 10.4. The van der Waals surface area contributed by atoms with E-state index in [9.17, 15) is 10.1 Å². The number of nitro groups is 1. The second-order valence-electron chi connectivity index (χ2n) is 3.68. The predicted octanol–water partition coefficient (Wildman–Crippen LogP) is 1.60. The Kier molecular flexibility index (Phi) is 2.49. The fourth-order valence-corrected chi connectivity index (χ4v) is 1.53. The molecular weight excluding hydrogens is 196 g/mol. The van der Waals surface area contributed by atoms with E-state index >= 15 is 0 Å². The third kappa shape index (κ3) is 2.20. The van der Waals surface area contributed by atoms with Gasteiger partial charge in [0, 0.05) is 6.04 Å². The molecule has 2 atom stereocenters. The van der Waals surface area contributed by atoms with Gasteiger partial charge in [0.25, 0.3) is 0 Å². The molecule has 1 fully saturated rings. The van der Waals surface area contributed by atoms with Crippen LogP contribution >= 0.6 is 0 Å². The van der Waals surface area contributed by atoms with Gasteiger partial charge < -0.3 is 5.32 Å². The van der Waals surface area contributed by atoms with Gasteiger partial charge >= 0.3 is 5.69 Å². The molecule has 0 bridgehead atoms. The molecule has 0 saturated heterocycles. The Hall–Kier alpha value is -1.72. The molecule has 15 heavy (non-hydrogen) atoms. The van der Waals surface area contributed by atoms with Gasteiger partial charge in [-0.15, -0.1) is 0 Å². The molecule has 6 heteroatoms. The normalized spacial score (nSPS) is 23.5. The summed E-state index contributed by atoms with van der Waals surface area (Å²) in [5.41, 5.74) is -0.0802. The van der Waals surface area contributed by atoms with Crippen LogP contribution in [0.4, 0.5) is 11.6 Å². The van der Waals surface area contributed by atoms with E-state index in [4.69, 9.17) is 0 Å². The van der Waals surface area contributed by atoms with Crippen LogP contribution in [0.25, 0.3) is 0 Å². The summed E-state index contributed by atoms with van der Waals surface area (Å²) in [5, 5.41) is 13.5. The molecular formula is C9H12N4O2. The third-order valence-corrected chi connectivity index (χ3v) is 2.61. The fourth-order valence-electron chi connectivity index (χ4n) is 1.53. The molecule has 0 aliphatic heterocycles. The van der Waals surface area contributed by atoms with Gasteiger partial charge in [0.2, 0.25) is 5.95 Å². The molecule has 2 rings (SSSR count). The van der Waals surface area contributed by atoms with Gasteiger partial charge in [0.1, 0.15) is 12.4 Å². The minimum absolute atomic E-state index is 0.0802. The van der Waals surface area contributed by atoms with Crippen LogP contribution in [0, 0.1) is 16.0 Å². The maximum atomic E-state index is 10.4. The Morgan fingerprint density at radius 2 is 2.27 bits per heavy atom. The van der Waals surface area contributed by atoms with Crippen LogP contribution in [0.1, 0.15) is 19.8 Å². The molecule has 0 amide bonds. The fraction of sp³-hybridized carbons (Fsp3) is 0.556. The maximum Gasteiger partial charge on any atom is 0.305 e. The molecule has 0 aromatic carbocycles. The van der Waals surface area contributed by atoms with E-state index in [-0.39, 0.29) is 5.69 Å². The van der Waals surface area contributed by atoms with Crippen molar-refractivity contribution in [2.45, 2.75) is 25.8 Å². The Morgan fingerprint density at radius 3 is 2.73 bits per heavy atom. The Balaban J connectivity index is 1.96. The summed E-state index contributed by atoms with van der Waals surface area (Å²) in [6.45, 7) is 2.14. The monoisotopic (exact) mass is 208 g/mol. The Bertz CT molecular complexity index is 365. The number of hydrogen-bond acceptors (Lipinski definition) is 5. The summed E-state index contributed by atoms with van der Waals surface area (Å²) in [6.07, 6.45) is 4.72. The Labute approximate surface area is 86.9 Å². The molecule has 1 aromatic heterocycles. The topological polar surface area (TPSA) is 81.0 Å². The summed E-state index contributed by atoms with van der Waals surface area (Å²) in [5.74, 6) is 1.17. The van der Waals surface area contributed by atoms with Crippen molar-refractivity contribution in [2.24, 2.45) is 5.92 Å². The van der Waals surface area contributed by atoms with Gasteiger partial charge in [-0.1, -0.05) is 13.3 Å². The Morgan fingerprint density at radius 1 is 1.60 bits per heavy atom. The molecule has 80 valence electrons. The van der Waals surface area contributed by atoms with Gasteiger partial charge in [0.05, 0.1) is 4.92 Å². The van der Waals surface area contributed by atoms with Crippen molar-refractivity contribution >= 4 is 11.6 Å². The van der Waals surface area contributed by atoms with Crippen LogP contribution in [0.5, 0.6) is 0 Å². The average Bonchev–Trinajstić information content (AvgIpc) is 2.97. The first-order valence-electron chi connectivity index (χ1n) is 4.93. The summed E-state index contributed by atoms with van der Waals surface area (Å²) < 4.78 is 0. The first kappa shape index (κ1) is 9.82. The highest BCUT2D eigenvalue weighted by molar-refractivity contribution is 5.33. The summed E-state index contributed by atoms with van der Waals surface area (Å²) in [4.78, 5) is 17.6. The zero-order valence-corrected chi connectivity index (χ0v) is 8.38. The van der Waals surface area contributed by atoms with Crippen LogP contribution in [-0.2, 0) is 0 Å². The number of aromatic nitrogens is 2. The minimum atomic E-state index is -0.504. The van der Waals surface area contributed by atoms with E-state index in [0.29, 0.717) is 17.9 Å². The van der Waals surface area contributed by atoms with Crippen LogP contribution in [0.3, 0.4) is 0 Å². The second kappa shape index (κ2) is 3.80. The zero-order chi connectivity index (χ0) is 10.8. The number of nitrogens with zero attached hydrogens (tertiary/aromatic N) is 3. The van der Waals surface area contributed by atoms with Crippen LogP contribution in [0.15, 0.2) is 12.4 Å². The van der Waals surface area contributed by atoms with Gasteiger partial charge in [-0.2, -0.15) is 0 Å². The van der Waals surface area contributed by atoms with Crippen molar-refractivity contribution < 1.29 is 4.92 Å². The van der Waals surface area contributed by atoms with Crippen molar-refractivity contribution in [3.05, 3.63) is 22.5 Å². The summed E-state index contributed by atoms with van der Waals surface area (Å²) >= 11 is 0. The molecule has 1 saturated carbocycles. The molecule has 0 spiro atoms. The van der Waals surface area contributed by atoms with Gasteiger partial charge in [-0.3, -0.25) is 10.1 Å². The smallest absolute Gasteiger partial charge is 0.305 e. The molecule has 1 heterocycles. The van der Waals surface area contributed by atoms with Crippen LogP contribution in [0.2, 0.25) is 0 Å². The molecule has 2 unspecified atom stereocenters. The number of hydrogen-bond donors (Lipinski definition) is 1. The number of nitrogens with one attached hydrogen (secondary N) is 1. The van der Waals surface area contributed by atoms with Gasteiger partial charge in [0.15, 0.2) is 0 Å². The standard InChI is InChI=1S/C9H12N4O2/c1-2-6-3-8(6)12-9-10-4-7(5-11-9)13(14)15/h4-6,8H,2-3H2,1H3,(H,10,11,12). The lowest BCUT2D eigenvalue weighted by Gasteiger charge is -2.01. The van der Waals surface area contributed by atoms with Crippen LogP contribution < -0.4 is 5.32 Å². The lowest BCUT2D eigenvalue weighted by molar-refractivity contribution is -0.385. The SMILES string of the molecule is CCC1CC1Nc1ncc([N+](=O)[O-])cn1. The zero-order valence-electron chi connectivity index (χ0n) is 8.38. The highest BCUT2D eigenvalue weighted by Gasteiger charge is 2.35. The van der Waals surface area contributed by atoms with Crippen LogP contribution in [-0.4, -0.2) is 20.9 Å². The largest absolute Gasteiger partial charge is 0.351 e. The quantitative estimate of drug-likeness (QED) is 0.600. The van der Waals surface area contributed by atoms with Gasteiger partial charge in [-0.05, 0) is 12.3 Å². The second-order valence-corrected chi connectivity index (χ2v) is 3.68. The number of anilines is 1. The molecule has 1 aromatic rings. The van der Waals surface area contributed by atoms with E-state index in [1.807, 2.05) is 0 Å². The van der Waals surface area contributed by atoms with Crippen molar-refractivity contribution in [1.82, 2.24) is 9.97 Å². The third-order valence-electron chi connectivity index (χ3n) is 2.61. The summed E-state index contributed by atoms with van der Waals surface area (Å²) in [7, 11) is 0. The molecule has 1 aliphatic rings. The average molecular weight is 208 g/mol. The van der Waals surface area contributed by atoms with E-state index in [2.05, 4.69) is 22.2 Å². The first-order valence-corrected chi connectivity index (χ1v) is 4.93. The van der Waals surface area contributed by atoms with E-state index in [1.165, 1.54) is 12.4 Å². The van der Waals surface area contributed by atoms with E-state index in [1.54, 1.807) is 0 Å². The minimum Gasteiger partial charge on any atom is -0.351 e. The van der Waals surface area contributed by atoms with Crippen molar-refractivity contribution in [3.63, 3.8) is 0 Å². The number of rotatable bonds is 4. The van der Waals surface area contributed by atoms with Crippen molar-refractivity contribution in [3.8, 4) is 0 Å². The molecule has 0 radical (unpaired) electrons. The molecule has 1 aliphatic carbocycles.